The third kappa shape index (κ3) is 5.11. The van der Waals surface area contributed by atoms with Crippen LogP contribution in [0.5, 0.6) is 11.5 Å². The van der Waals surface area contributed by atoms with Gasteiger partial charge < -0.3 is 14.4 Å². The molecule has 0 saturated carbocycles. The number of nitriles is 1. The molecule has 0 spiro atoms. The molecule has 1 amide bonds. The first-order valence-electron chi connectivity index (χ1n) is 12.3. The fourth-order valence-electron chi connectivity index (χ4n) is 4.60. The quantitative estimate of drug-likeness (QED) is 0.351. The van der Waals surface area contributed by atoms with Gasteiger partial charge in [-0.05, 0) is 30.7 Å². The Bertz CT molecular complexity index is 1320. The van der Waals surface area contributed by atoms with E-state index in [1.807, 2.05) is 59.5 Å². The summed E-state index contributed by atoms with van der Waals surface area (Å²) < 4.78 is 11.5. The molecule has 1 aliphatic rings. The number of hydrogen-bond donors (Lipinski definition) is 0. The molecule has 0 N–H and O–H groups in total. The molecule has 0 bridgehead atoms. The Kier molecular flexibility index (Phi) is 8.02. The van der Waals surface area contributed by atoms with Crippen LogP contribution in [-0.4, -0.2) is 38.9 Å². The zero-order valence-electron chi connectivity index (χ0n) is 21.1. The van der Waals surface area contributed by atoms with Crippen LogP contribution in [0, 0.1) is 11.3 Å². The number of para-hydroxylation sites is 1. The van der Waals surface area contributed by atoms with Crippen LogP contribution >= 0.6 is 0 Å². The number of carbonyl (C=O) groups is 1. The number of fused-ring (bicyclic) bond motifs is 1. The summed E-state index contributed by atoms with van der Waals surface area (Å²) in [5, 5.41) is 9.47. The molecule has 184 valence electrons. The first kappa shape index (κ1) is 25.0. The van der Waals surface area contributed by atoms with Crippen LogP contribution in [0.1, 0.15) is 49.3 Å². The van der Waals surface area contributed by atoms with E-state index in [9.17, 15) is 10.1 Å². The molecule has 0 unspecified atom stereocenters. The molecule has 3 aromatic carbocycles. The summed E-state index contributed by atoms with van der Waals surface area (Å²) in [6, 6.07) is 21.3. The van der Waals surface area contributed by atoms with E-state index in [1.165, 1.54) is 0 Å². The number of ether oxygens (including phenoxy) is 2. The van der Waals surface area contributed by atoms with E-state index in [-0.39, 0.29) is 12.5 Å². The van der Waals surface area contributed by atoms with Gasteiger partial charge in [0.05, 0.1) is 37.3 Å². The molecule has 1 heterocycles. The Balaban J connectivity index is 1.93. The molecule has 0 saturated heterocycles. The molecule has 0 radical (unpaired) electrons. The van der Waals surface area contributed by atoms with Crippen LogP contribution in [0.25, 0.3) is 11.1 Å². The van der Waals surface area contributed by atoms with E-state index in [1.54, 1.807) is 20.3 Å². The molecule has 0 aliphatic carbocycles. The number of unbranched alkanes of at least 4 members (excludes halogenated alkanes) is 3. The van der Waals surface area contributed by atoms with Crippen molar-refractivity contribution in [2.45, 2.75) is 32.6 Å². The average molecular weight is 482 g/mol. The highest BCUT2D eigenvalue weighted by Gasteiger charge is 2.28. The van der Waals surface area contributed by atoms with Gasteiger partial charge >= 0.3 is 0 Å². The number of nitrogens with zero attached hydrogens (tertiary/aromatic N) is 3. The van der Waals surface area contributed by atoms with Crippen molar-refractivity contribution in [2.24, 2.45) is 4.99 Å². The Hall–Kier alpha value is -4.11. The van der Waals surface area contributed by atoms with Gasteiger partial charge in [-0.1, -0.05) is 56.5 Å². The van der Waals surface area contributed by atoms with Crippen molar-refractivity contribution < 1.29 is 14.3 Å². The second-order valence-corrected chi connectivity index (χ2v) is 8.73. The number of anilines is 1. The number of benzodiazepines with no additional fused rings is 1. The van der Waals surface area contributed by atoms with Crippen molar-refractivity contribution in [2.75, 3.05) is 32.2 Å². The minimum absolute atomic E-state index is 0.0425. The lowest BCUT2D eigenvalue weighted by atomic mass is 9.93. The van der Waals surface area contributed by atoms with Gasteiger partial charge in [-0.25, -0.2) is 0 Å². The van der Waals surface area contributed by atoms with Crippen LogP contribution in [0.3, 0.4) is 0 Å². The topological polar surface area (TPSA) is 74.9 Å². The fourth-order valence-corrected chi connectivity index (χ4v) is 4.60. The lowest BCUT2D eigenvalue weighted by Crippen LogP contribution is -2.33. The third-order valence-corrected chi connectivity index (χ3v) is 6.43. The summed E-state index contributed by atoms with van der Waals surface area (Å²) in [7, 11) is 3.28. The molecule has 4 rings (SSSR count). The van der Waals surface area contributed by atoms with Gasteiger partial charge in [0.25, 0.3) is 0 Å². The molecule has 0 atom stereocenters. The predicted octanol–water partition coefficient (Wildman–Crippen LogP) is 6.01. The highest BCUT2D eigenvalue weighted by atomic mass is 16.5. The Morgan fingerprint density at radius 1 is 0.917 bits per heavy atom. The number of amides is 1. The van der Waals surface area contributed by atoms with Crippen LogP contribution in [-0.2, 0) is 4.79 Å². The molecular formula is C30H31N3O3. The van der Waals surface area contributed by atoms with Gasteiger partial charge in [0.15, 0.2) is 0 Å². The van der Waals surface area contributed by atoms with Gasteiger partial charge in [-0.3, -0.25) is 9.79 Å². The van der Waals surface area contributed by atoms with Crippen LogP contribution in [0.4, 0.5) is 5.69 Å². The Morgan fingerprint density at radius 3 is 2.47 bits per heavy atom. The Labute approximate surface area is 212 Å². The number of benzene rings is 3. The van der Waals surface area contributed by atoms with E-state index >= 15 is 0 Å². The van der Waals surface area contributed by atoms with Gasteiger partial charge in [0, 0.05) is 34.9 Å². The van der Waals surface area contributed by atoms with Crippen LogP contribution < -0.4 is 14.4 Å². The highest BCUT2D eigenvalue weighted by Crippen LogP contribution is 2.42. The average Bonchev–Trinajstić information content (AvgIpc) is 3.05. The predicted molar refractivity (Wildman–Crippen MR) is 143 cm³/mol. The summed E-state index contributed by atoms with van der Waals surface area (Å²) in [4.78, 5) is 19.9. The minimum atomic E-state index is -0.0497. The van der Waals surface area contributed by atoms with Crippen molar-refractivity contribution in [1.82, 2.24) is 0 Å². The first-order valence-corrected chi connectivity index (χ1v) is 12.3. The van der Waals surface area contributed by atoms with Crippen molar-refractivity contribution in [3.05, 3.63) is 77.4 Å². The van der Waals surface area contributed by atoms with Crippen molar-refractivity contribution in [1.29, 1.82) is 5.26 Å². The summed E-state index contributed by atoms with van der Waals surface area (Å²) in [6.45, 7) is 2.83. The van der Waals surface area contributed by atoms with E-state index in [2.05, 4.69) is 13.0 Å². The SMILES string of the molecule is CCCCCCN1C(=O)CN=C(c2cccc(C#N)c2)c2cc(-c3ccccc3OC)c(OC)cc21. The second kappa shape index (κ2) is 11.5. The summed E-state index contributed by atoms with van der Waals surface area (Å²) in [5.41, 5.74) is 5.35. The maximum atomic E-state index is 13.3. The van der Waals surface area contributed by atoms with Crippen molar-refractivity contribution >= 4 is 17.3 Å². The molecule has 0 fully saturated rings. The van der Waals surface area contributed by atoms with E-state index in [0.717, 1.165) is 59.4 Å². The van der Waals surface area contributed by atoms with Gasteiger partial charge in [-0.2, -0.15) is 5.26 Å². The monoisotopic (exact) mass is 481 g/mol. The summed E-state index contributed by atoms with van der Waals surface area (Å²) in [6.07, 6.45) is 4.23. The Morgan fingerprint density at radius 2 is 1.72 bits per heavy atom. The highest BCUT2D eigenvalue weighted by molar-refractivity contribution is 6.20. The maximum absolute atomic E-state index is 13.3. The molecule has 6 nitrogen and oxygen atoms in total. The lowest BCUT2D eigenvalue weighted by molar-refractivity contribution is -0.117. The number of aliphatic imine (C=N–C) groups is 1. The lowest BCUT2D eigenvalue weighted by Gasteiger charge is -2.25. The fraction of sp³-hybridized carbons (Fsp3) is 0.300. The number of methoxy groups -OCH3 is 2. The molecule has 1 aliphatic heterocycles. The molecule has 6 heteroatoms. The third-order valence-electron chi connectivity index (χ3n) is 6.43. The molecule has 3 aromatic rings. The second-order valence-electron chi connectivity index (χ2n) is 8.73. The minimum Gasteiger partial charge on any atom is -0.496 e. The largest absolute Gasteiger partial charge is 0.496 e. The molecular weight excluding hydrogens is 450 g/mol. The first-order chi connectivity index (χ1) is 17.6. The maximum Gasteiger partial charge on any atom is 0.248 e. The standard InChI is InChI=1S/C30H31N3O3/c1-4-5-6-9-15-33-26-18-28(36-3)24(23-13-7-8-14-27(23)35-2)17-25(26)30(32-20-29(33)34)22-12-10-11-21(16-22)19-31/h7-8,10-14,16-18H,4-6,9,15,20H2,1-3H3. The van der Waals surface area contributed by atoms with Crippen LogP contribution in [0.2, 0.25) is 0 Å². The van der Waals surface area contributed by atoms with Crippen molar-refractivity contribution in [3.63, 3.8) is 0 Å². The summed E-state index contributed by atoms with van der Waals surface area (Å²) in [5.74, 6) is 1.32. The molecule has 0 aromatic heterocycles. The zero-order chi connectivity index (χ0) is 25.5. The number of rotatable bonds is 9. The number of carbonyl (C=O) groups excluding carboxylic acids is 1. The van der Waals surface area contributed by atoms with Crippen LogP contribution in [0.15, 0.2) is 65.7 Å². The van der Waals surface area contributed by atoms with E-state index < -0.39 is 0 Å². The zero-order valence-corrected chi connectivity index (χ0v) is 21.1. The van der Waals surface area contributed by atoms with Gasteiger partial charge in [0.2, 0.25) is 5.91 Å². The molecule has 36 heavy (non-hydrogen) atoms. The summed E-state index contributed by atoms with van der Waals surface area (Å²) >= 11 is 0. The normalized spacial score (nSPS) is 12.9. The van der Waals surface area contributed by atoms with E-state index in [0.29, 0.717) is 23.6 Å². The van der Waals surface area contributed by atoms with Crippen molar-refractivity contribution in [3.8, 4) is 28.7 Å². The number of hydrogen-bond acceptors (Lipinski definition) is 5. The van der Waals surface area contributed by atoms with Gasteiger partial charge in [-0.15, -0.1) is 0 Å². The smallest absolute Gasteiger partial charge is 0.248 e. The van der Waals surface area contributed by atoms with Gasteiger partial charge in [0.1, 0.15) is 18.0 Å². The van der Waals surface area contributed by atoms with E-state index in [4.69, 9.17) is 14.5 Å².